The van der Waals surface area contributed by atoms with Crippen molar-refractivity contribution in [1.82, 2.24) is 15.1 Å². The van der Waals surface area contributed by atoms with Crippen molar-refractivity contribution in [2.45, 2.75) is 58.4 Å². The van der Waals surface area contributed by atoms with Crippen LogP contribution in [0.15, 0.2) is 18.0 Å². The van der Waals surface area contributed by atoms with E-state index < -0.39 is 0 Å². The Morgan fingerprint density at radius 2 is 2.05 bits per heavy atom. The second-order valence-electron chi connectivity index (χ2n) is 7.11. The van der Waals surface area contributed by atoms with Crippen molar-refractivity contribution in [3.05, 3.63) is 23.5 Å². The fraction of sp³-hybridized carbons (Fsp3) is 0.706. The van der Waals surface area contributed by atoms with E-state index in [4.69, 9.17) is 0 Å². The predicted molar refractivity (Wildman–Crippen MR) is 85.5 cm³/mol. The number of aryl methyl sites for hydroxylation is 1. The molecule has 0 radical (unpaired) electrons. The van der Waals surface area contributed by atoms with Gasteiger partial charge in [0.15, 0.2) is 0 Å². The van der Waals surface area contributed by atoms with Gasteiger partial charge >= 0.3 is 0 Å². The lowest BCUT2D eigenvalue weighted by atomic mass is 9.83. The zero-order chi connectivity index (χ0) is 14.6. The summed E-state index contributed by atoms with van der Waals surface area (Å²) in [6.07, 6.45) is 13.3. The van der Waals surface area contributed by atoms with Crippen molar-refractivity contribution in [3.8, 4) is 0 Å². The van der Waals surface area contributed by atoms with Crippen molar-refractivity contribution in [2.24, 2.45) is 13.0 Å². The van der Waals surface area contributed by atoms with Crippen LogP contribution in [-0.2, 0) is 7.05 Å². The molecule has 3 heteroatoms. The van der Waals surface area contributed by atoms with E-state index in [1.165, 1.54) is 37.7 Å². The lowest BCUT2D eigenvalue weighted by Crippen LogP contribution is -2.38. The van der Waals surface area contributed by atoms with Gasteiger partial charge in [-0.2, -0.15) is 5.10 Å². The Kier molecular flexibility index (Phi) is 5.03. The smallest absolute Gasteiger partial charge is 0.0562 e. The van der Waals surface area contributed by atoms with Crippen LogP contribution in [0.1, 0.15) is 58.4 Å². The largest absolute Gasteiger partial charge is 0.308 e. The molecule has 1 aromatic rings. The van der Waals surface area contributed by atoms with E-state index in [0.29, 0.717) is 0 Å². The first-order chi connectivity index (χ1) is 9.44. The highest BCUT2D eigenvalue weighted by molar-refractivity contribution is 5.52. The number of rotatable bonds is 4. The normalized spacial score (nSPS) is 18.5. The van der Waals surface area contributed by atoms with Gasteiger partial charge in [-0.3, -0.25) is 4.68 Å². The average molecular weight is 275 g/mol. The quantitative estimate of drug-likeness (QED) is 0.906. The Morgan fingerprint density at radius 1 is 1.35 bits per heavy atom. The standard InChI is InChI=1S/C17H29N3/c1-17(2,3)18-12-16(15-8-6-5-7-9-15)10-14-11-19-20(4)13-14/h10-11,13,15,18H,5-9,12H2,1-4H3/b16-10-. The summed E-state index contributed by atoms with van der Waals surface area (Å²) in [6, 6.07) is 0. The Labute approximate surface area is 123 Å². The molecule has 0 aromatic carbocycles. The number of nitrogens with zero attached hydrogens (tertiary/aromatic N) is 2. The first-order valence-corrected chi connectivity index (χ1v) is 7.88. The number of hydrogen-bond acceptors (Lipinski definition) is 2. The lowest BCUT2D eigenvalue weighted by molar-refractivity contribution is 0.378. The van der Waals surface area contributed by atoms with Crippen LogP contribution in [0.2, 0.25) is 0 Å². The highest BCUT2D eigenvalue weighted by Crippen LogP contribution is 2.30. The van der Waals surface area contributed by atoms with Crippen molar-refractivity contribution in [1.29, 1.82) is 0 Å². The van der Waals surface area contributed by atoms with E-state index in [2.05, 4.69) is 43.5 Å². The summed E-state index contributed by atoms with van der Waals surface area (Å²) >= 11 is 0. The molecule has 0 aliphatic heterocycles. The van der Waals surface area contributed by atoms with Crippen molar-refractivity contribution < 1.29 is 0 Å². The van der Waals surface area contributed by atoms with Gasteiger partial charge in [-0.05, 0) is 39.5 Å². The predicted octanol–water partition coefficient (Wildman–Crippen LogP) is 3.77. The van der Waals surface area contributed by atoms with Crippen molar-refractivity contribution in [2.75, 3.05) is 6.54 Å². The van der Waals surface area contributed by atoms with Crippen molar-refractivity contribution >= 4 is 6.08 Å². The van der Waals surface area contributed by atoms with Crippen LogP contribution in [-0.4, -0.2) is 21.9 Å². The number of hydrogen-bond donors (Lipinski definition) is 1. The third-order valence-corrected chi connectivity index (χ3v) is 4.03. The van der Waals surface area contributed by atoms with E-state index in [9.17, 15) is 0 Å². The molecule has 20 heavy (non-hydrogen) atoms. The molecule has 1 aliphatic rings. The molecule has 1 aliphatic carbocycles. The molecule has 112 valence electrons. The van der Waals surface area contributed by atoms with Crippen LogP contribution >= 0.6 is 0 Å². The first kappa shape index (κ1) is 15.3. The molecule has 1 heterocycles. The minimum atomic E-state index is 0.169. The summed E-state index contributed by atoms with van der Waals surface area (Å²) in [5.74, 6) is 0.749. The molecule has 0 unspecified atom stereocenters. The van der Waals surface area contributed by atoms with Gasteiger partial charge in [0.2, 0.25) is 0 Å². The minimum absolute atomic E-state index is 0.169. The second kappa shape index (κ2) is 6.57. The van der Waals surface area contributed by atoms with Crippen LogP contribution in [0.25, 0.3) is 6.08 Å². The highest BCUT2D eigenvalue weighted by atomic mass is 15.2. The van der Waals surface area contributed by atoms with Crippen LogP contribution in [0, 0.1) is 5.92 Å². The second-order valence-corrected chi connectivity index (χ2v) is 7.11. The van der Waals surface area contributed by atoms with Gasteiger partial charge < -0.3 is 5.32 Å². The maximum absolute atomic E-state index is 4.28. The van der Waals surface area contributed by atoms with Crippen molar-refractivity contribution in [3.63, 3.8) is 0 Å². The number of aromatic nitrogens is 2. The van der Waals surface area contributed by atoms with E-state index in [0.717, 1.165) is 12.5 Å². The molecule has 1 saturated carbocycles. The van der Waals surface area contributed by atoms with Gasteiger partial charge in [-0.25, -0.2) is 0 Å². The fourth-order valence-electron chi connectivity index (χ4n) is 2.88. The molecule has 0 atom stereocenters. The molecule has 1 aromatic heterocycles. The summed E-state index contributed by atoms with van der Waals surface area (Å²) in [7, 11) is 1.98. The molecule has 0 saturated heterocycles. The third kappa shape index (κ3) is 4.78. The third-order valence-electron chi connectivity index (χ3n) is 4.03. The molecule has 0 bridgehead atoms. The average Bonchev–Trinajstić information content (AvgIpc) is 2.80. The zero-order valence-corrected chi connectivity index (χ0v) is 13.4. The van der Waals surface area contributed by atoms with Crippen LogP contribution in [0.5, 0.6) is 0 Å². The minimum Gasteiger partial charge on any atom is -0.308 e. The van der Waals surface area contributed by atoms with Crippen LogP contribution in [0.3, 0.4) is 0 Å². The molecular formula is C17H29N3. The Morgan fingerprint density at radius 3 is 2.60 bits per heavy atom. The molecule has 2 rings (SSSR count). The molecule has 1 N–H and O–H groups in total. The van der Waals surface area contributed by atoms with Gasteiger partial charge in [0, 0.05) is 30.9 Å². The van der Waals surface area contributed by atoms with Gasteiger partial charge in [-0.1, -0.05) is 30.9 Å². The molecule has 3 nitrogen and oxygen atoms in total. The first-order valence-electron chi connectivity index (χ1n) is 7.88. The molecule has 0 spiro atoms. The SMILES string of the molecule is Cn1cc(/C=C(/CNC(C)(C)C)C2CCCCC2)cn1. The van der Waals surface area contributed by atoms with Gasteiger partial charge in [-0.15, -0.1) is 0 Å². The number of nitrogens with one attached hydrogen (secondary N) is 1. The molecule has 0 amide bonds. The lowest BCUT2D eigenvalue weighted by Gasteiger charge is -2.28. The monoisotopic (exact) mass is 275 g/mol. The summed E-state index contributed by atoms with van der Waals surface area (Å²) < 4.78 is 1.88. The Bertz CT molecular complexity index is 445. The van der Waals surface area contributed by atoms with Crippen LogP contribution < -0.4 is 5.32 Å². The maximum atomic E-state index is 4.28. The van der Waals surface area contributed by atoms with E-state index >= 15 is 0 Å². The summed E-state index contributed by atoms with van der Waals surface area (Å²) in [5, 5.41) is 7.93. The van der Waals surface area contributed by atoms with E-state index in [-0.39, 0.29) is 5.54 Å². The topological polar surface area (TPSA) is 29.9 Å². The van der Waals surface area contributed by atoms with E-state index in [1.54, 1.807) is 5.57 Å². The van der Waals surface area contributed by atoms with Gasteiger partial charge in [0.25, 0.3) is 0 Å². The zero-order valence-electron chi connectivity index (χ0n) is 13.4. The summed E-state index contributed by atoms with van der Waals surface area (Å²) in [6.45, 7) is 7.68. The molecule has 1 fully saturated rings. The Balaban J connectivity index is 2.12. The van der Waals surface area contributed by atoms with E-state index in [1.807, 2.05) is 17.9 Å². The van der Waals surface area contributed by atoms with Gasteiger partial charge in [0.1, 0.15) is 0 Å². The molecular weight excluding hydrogens is 246 g/mol. The van der Waals surface area contributed by atoms with Gasteiger partial charge in [0.05, 0.1) is 6.20 Å². The summed E-state index contributed by atoms with van der Waals surface area (Å²) in [4.78, 5) is 0. The maximum Gasteiger partial charge on any atom is 0.0562 e. The Hall–Kier alpha value is -1.09. The fourth-order valence-corrected chi connectivity index (χ4v) is 2.88. The summed E-state index contributed by atoms with van der Waals surface area (Å²) in [5.41, 5.74) is 2.94. The highest BCUT2D eigenvalue weighted by Gasteiger charge is 2.19. The van der Waals surface area contributed by atoms with Crippen LogP contribution in [0.4, 0.5) is 0 Å².